The number of benzene rings is 2. The molecule has 1 saturated carbocycles. The molecule has 0 radical (unpaired) electrons. The number of rotatable bonds is 6. The van der Waals surface area contributed by atoms with Crippen LogP contribution < -0.4 is 10.9 Å². The Morgan fingerprint density at radius 3 is 2.65 bits per heavy atom. The Kier molecular flexibility index (Phi) is 5.02. The van der Waals surface area contributed by atoms with Crippen LogP contribution >= 0.6 is 11.8 Å². The number of hydrogen-bond acceptors (Lipinski definition) is 5. The van der Waals surface area contributed by atoms with Gasteiger partial charge in [-0.25, -0.2) is 4.57 Å². The van der Waals surface area contributed by atoms with Gasteiger partial charge in [-0.3, -0.25) is 14.0 Å². The van der Waals surface area contributed by atoms with E-state index in [0.29, 0.717) is 22.2 Å². The van der Waals surface area contributed by atoms with E-state index < -0.39 is 0 Å². The minimum absolute atomic E-state index is 0.0164. The summed E-state index contributed by atoms with van der Waals surface area (Å²) in [5.74, 6) is 1.27. The van der Waals surface area contributed by atoms with Crippen LogP contribution in [0.15, 0.2) is 58.5 Å². The normalized spacial score (nSPS) is 14.8. The number of amides is 1. The monoisotopic (exact) mass is 433 g/mol. The van der Waals surface area contributed by atoms with Crippen molar-refractivity contribution in [3.05, 3.63) is 64.4 Å². The van der Waals surface area contributed by atoms with Crippen molar-refractivity contribution in [2.75, 3.05) is 5.75 Å². The number of fused-ring (bicyclic) bond motifs is 3. The van der Waals surface area contributed by atoms with Crippen molar-refractivity contribution in [1.82, 2.24) is 24.5 Å². The molecule has 2 aromatic carbocycles. The number of carbonyl (C=O) groups is 1. The predicted octanol–water partition coefficient (Wildman–Crippen LogP) is 3.35. The highest BCUT2D eigenvalue weighted by atomic mass is 32.2. The first-order chi connectivity index (χ1) is 15.0. The zero-order valence-corrected chi connectivity index (χ0v) is 18.2. The quantitative estimate of drug-likeness (QED) is 0.472. The molecule has 158 valence electrons. The lowest BCUT2D eigenvalue weighted by Crippen LogP contribution is -2.35. The summed E-state index contributed by atoms with van der Waals surface area (Å²) in [7, 11) is 0. The Bertz CT molecular complexity index is 1340. The number of thioether (sulfide) groups is 1. The molecule has 7 nitrogen and oxygen atoms in total. The van der Waals surface area contributed by atoms with Crippen molar-refractivity contribution < 1.29 is 4.79 Å². The molecule has 4 aromatic rings. The van der Waals surface area contributed by atoms with E-state index in [9.17, 15) is 9.59 Å². The standard InChI is InChI=1S/C23H23N5O2S/c1-14-7-11-17(12-8-14)27-21(30)18-5-3-4-6-19(18)28-22(27)25-26-23(28)31-13-20(29)24-15(2)16-9-10-16/h3-8,11-12,15-16H,9-10,13H2,1-2H3,(H,24,29). The third-order valence-corrected chi connectivity index (χ3v) is 6.67. The average molecular weight is 434 g/mol. The van der Waals surface area contributed by atoms with Crippen LogP contribution in [0.25, 0.3) is 22.4 Å². The molecule has 1 N–H and O–H groups in total. The van der Waals surface area contributed by atoms with E-state index >= 15 is 0 Å². The lowest BCUT2D eigenvalue weighted by Gasteiger charge is -2.13. The Hall–Kier alpha value is -3.13. The molecular weight excluding hydrogens is 410 g/mol. The summed E-state index contributed by atoms with van der Waals surface area (Å²) in [6.45, 7) is 4.06. The van der Waals surface area contributed by atoms with Crippen molar-refractivity contribution in [1.29, 1.82) is 0 Å². The Labute approximate surface area is 183 Å². The fraction of sp³-hybridized carbons (Fsp3) is 0.304. The van der Waals surface area contributed by atoms with Crippen molar-refractivity contribution in [2.45, 2.75) is 37.9 Å². The average Bonchev–Trinajstić information content (AvgIpc) is 3.54. The summed E-state index contributed by atoms with van der Waals surface area (Å²) >= 11 is 1.33. The number of carbonyl (C=O) groups excluding carboxylic acids is 1. The van der Waals surface area contributed by atoms with Crippen LogP contribution in [0, 0.1) is 12.8 Å². The number of para-hydroxylation sites is 1. The van der Waals surface area contributed by atoms with E-state index in [4.69, 9.17) is 0 Å². The van der Waals surface area contributed by atoms with Gasteiger partial charge in [-0.1, -0.05) is 41.6 Å². The van der Waals surface area contributed by atoms with Crippen molar-refractivity contribution in [2.24, 2.45) is 5.92 Å². The smallest absolute Gasteiger partial charge is 0.267 e. The molecule has 1 fully saturated rings. The maximum Gasteiger partial charge on any atom is 0.267 e. The van der Waals surface area contributed by atoms with Crippen LogP contribution in [0.3, 0.4) is 0 Å². The summed E-state index contributed by atoms with van der Waals surface area (Å²) in [5, 5.41) is 12.9. The van der Waals surface area contributed by atoms with Gasteiger partial charge >= 0.3 is 0 Å². The topological polar surface area (TPSA) is 81.3 Å². The molecular formula is C23H23N5O2S. The van der Waals surface area contributed by atoms with Crippen LogP contribution in [0.2, 0.25) is 0 Å². The van der Waals surface area contributed by atoms with E-state index in [-0.39, 0.29) is 23.3 Å². The zero-order chi connectivity index (χ0) is 21.5. The Balaban J connectivity index is 1.57. The van der Waals surface area contributed by atoms with Gasteiger partial charge in [0.2, 0.25) is 11.7 Å². The molecule has 0 spiro atoms. The molecule has 1 aliphatic rings. The first-order valence-electron chi connectivity index (χ1n) is 10.4. The summed E-state index contributed by atoms with van der Waals surface area (Å²) in [5.41, 5.74) is 2.42. The van der Waals surface area contributed by atoms with Crippen LogP contribution in [0.1, 0.15) is 25.3 Å². The predicted molar refractivity (Wildman–Crippen MR) is 122 cm³/mol. The molecule has 1 amide bonds. The van der Waals surface area contributed by atoms with Gasteiger partial charge in [0.05, 0.1) is 22.3 Å². The van der Waals surface area contributed by atoms with Gasteiger partial charge in [-0.05, 0) is 56.9 Å². The van der Waals surface area contributed by atoms with Crippen LogP contribution in [0.5, 0.6) is 0 Å². The highest BCUT2D eigenvalue weighted by molar-refractivity contribution is 7.99. The number of aryl methyl sites for hydroxylation is 1. The van der Waals surface area contributed by atoms with Gasteiger partial charge in [-0.2, -0.15) is 0 Å². The molecule has 0 saturated heterocycles. The van der Waals surface area contributed by atoms with Gasteiger partial charge in [0.25, 0.3) is 5.56 Å². The minimum atomic E-state index is -0.146. The largest absolute Gasteiger partial charge is 0.353 e. The van der Waals surface area contributed by atoms with Gasteiger partial charge in [0, 0.05) is 6.04 Å². The first kappa shape index (κ1) is 19.8. The van der Waals surface area contributed by atoms with Crippen molar-refractivity contribution >= 4 is 34.3 Å². The molecule has 1 atom stereocenters. The molecule has 1 aliphatic carbocycles. The molecule has 1 unspecified atom stereocenters. The van der Waals surface area contributed by atoms with Crippen LogP contribution in [-0.2, 0) is 4.79 Å². The third kappa shape index (κ3) is 3.72. The van der Waals surface area contributed by atoms with Crippen molar-refractivity contribution in [3.8, 4) is 5.69 Å². The Morgan fingerprint density at radius 1 is 1.16 bits per heavy atom. The fourth-order valence-electron chi connectivity index (χ4n) is 3.84. The maximum absolute atomic E-state index is 13.3. The second kappa shape index (κ2) is 7.85. The number of aromatic nitrogens is 4. The molecule has 2 aromatic heterocycles. The third-order valence-electron chi connectivity index (χ3n) is 5.74. The SMILES string of the molecule is Cc1ccc(-n2c(=O)c3ccccc3n3c(SCC(=O)NC(C)C4CC4)nnc23)cc1. The maximum atomic E-state index is 13.3. The molecule has 31 heavy (non-hydrogen) atoms. The summed E-state index contributed by atoms with van der Waals surface area (Å²) in [6, 6.07) is 15.4. The zero-order valence-electron chi connectivity index (χ0n) is 17.4. The second-order valence-corrected chi connectivity index (χ2v) is 9.04. The molecule has 2 heterocycles. The highest BCUT2D eigenvalue weighted by Gasteiger charge is 2.29. The summed E-state index contributed by atoms with van der Waals surface area (Å²) in [6.07, 6.45) is 2.37. The molecule has 5 rings (SSSR count). The molecule has 8 heteroatoms. The molecule has 0 bridgehead atoms. The van der Waals surface area contributed by atoms with Gasteiger partial charge < -0.3 is 5.32 Å². The number of nitrogens with zero attached hydrogens (tertiary/aromatic N) is 4. The number of nitrogens with one attached hydrogen (secondary N) is 1. The van der Waals surface area contributed by atoms with E-state index in [0.717, 1.165) is 16.8 Å². The Morgan fingerprint density at radius 2 is 1.90 bits per heavy atom. The lowest BCUT2D eigenvalue weighted by atomic mass is 10.2. The van der Waals surface area contributed by atoms with E-state index in [2.05, 4.69) is 22.4 Å². The molecule has 0 aliphatic heterocycles. The van der Waals surface area contributed by atoms with Crippen LogP contribution in [0.4, 0.5) is 0 Å². The lowest BCUT2D eigenvalue weighted by molar-refractivity contribution is -0.119. The fourth-order valence-corrected chi connectivity index (χ4v) is 4.59. The van der Waals surface area contributed by atoms with E-state index in [1.54, 1.807) is 10.6 Å². The summed E-state index contributed by atoms with van der Waals surface area (Å²) in [4.78, 5) is 25.7. The van der Waals surface area contributed by atoms with E-state index in [1.165, 1.54) is 24.6 Å². The van der Waals surface area contributed by atoms with Gasteiger partial charge in [0.1, 0.15) is 0 Å². The van der Waals surface area contributed by atoms with Crippen molar-refractivity contribution in [3.63, 3.8) is 0 Å². The second-order valence-electron chi connectivity index (χ2n) is 8.09. The first-order valence-corrected chi connectivity index (χ1v) is 11.4. The summed E-state index contributed by atoms with van der Waals surface area (Å²) < 4.78 is 3.44. The van der Waals surface area contributed by atoms with E-state index in [1.807, 2.05) is 53.8 Å². The highest BCUT2D eigenvalue weighted by Crippen LogP contribution is 2.32. The van der Waals surface area contributed by atoms with Gasteiger partial charge in [0.15, 0.2) is 5.16 Å². The van der Waals surface area contributed by atoms with Crippen LogP contribution in [-0.4, -0.2) is 36.9 Å². The van der Waals surface area contributed by atoms with Gasteiger partial charge in [-0.15, -0.1) is 10.2 Å². The number of hydrogen-bond donors (Lipinski definition) is 1. The minimum Gasteiger partial charge on any atom is -0.353 e.